The molecule has 0 unspecified atom stereocenters. The molecule has 0 aliphatic rings. The van der Waals surface area contributed by atoms with Crippen molar-refractivity contribution in [2.24, 2.45) is 0 Å². The Kier molecular flexibility index (Phi) is 7.02. The fraction of sp³-hybridized carbons (Fsp3) is 0.533. The van der Waals surface area contributed by atoms with Crippen LogP contribution in [0.5, 0.6) is 0 Å². The van der Waals surface area contributed by atoms with Crippen LogP contribution in [0.15, 0.2) is 33.6 Å². The molecule has 0 aliphatic heterocycles. The highest BCUT2D eigenvalue weighted by Crippen LogP contribution is 2.26. The Morgan fingerprint density at radius 3 is 2.27 bits per heavy atom. The number of carbonyl (C=O) groups excluding carboxylic acids is 1. The summed E-state index contributed by atoms with van der Waals surface area (Å²) in [5, 5.41) is 5.83. The second kappa shape index (κ2) is 8.08. The number of hydrogen-bond acceptors (Lipinski definition) is 4. The number of sulfone groups is 1. The zero-order valence-corrected chi connectivity index (χ0v) is 15.6. The summed E-state index contributed by atoms with van der Waals surface area (Å²) in [7, 11) is -3.76. The van der Waals surface area contributed by atoms with E-state index in [0.29, 0.717) is 13.1 Å². The van der Waals surface area contributed by atoms with Gasteiger partial charge in [-0.25, -0.2) is 8.42 Å². The molecule has 0 aromatic heterocycles. The van der Waals surface area contributed by atoms with Gasteiger partial charge >= 0.3 is 0 Å². The van der Waals surface area contributed by atoms with Gasteiger partial charge in [-0.2, -0.15) is 0 Å². The summed E-state index contributed by atoms with van der Waals surface area (Å²) >= 11 is 3.27. The normalized spacial score (nSPS) is 12.2. The van der Waals surface area contributed by atoms with E-state index in [0.717, 1.165) is 17.4 Å². The molecule has 0 spiro atoms. The molecule has 0 bridgehead atoms. The van der Waals surface area contributed by atoms with Crippen LogP contribution in [0.3, 0.4) is 0 Å². The van der Waals surface area contributed by atoms with Gasteiger partial charge in [-0.3, -0.25) is 4.79 Å². The number of rotatable bonds is 8. The third-order valence-corrected chi connectivity index (χ3v) is 6.31. The number of carbonyl (C=O) groups is 1. The molecule has 0 aliphatic carbocycles. The van der Waals surface area contributed by atoms with Crippen LogP contribution < -0.4 is 10.6 Å². The fourth-order valence-electron chi connectivity index (χ4n) is 1.81. The lowest BCUT2D eigenvalue weighted by atomic mass is 10.2. The lowest BCUT2D eigenvalue weighted by molar-refractivity contribution is -0.122. The van der Waals surface area contributed by atoms with Gasteiger partial charge in [-0.15, -0.1) is 0 Å². The molecule has 22 heavy (non-hydrogen) atoms. The molecular formula is C15H23BrN2O3S. The molecule has 0 heterocycles. The maximum absolute atomic E-state index is 12.7. The van der Waals surface area contributed by atoms with Crippen LogP contribution in [0.4, 0.5) is 0 Å². The lowest BCUT2D eigenvalue weighted by Gasteiger charge is -2.24. The third kappa shape index (κ3) is 4.54. The summed E-state index contributed by atoms with van der Waals surface area (Å²) in [6.45, 7) is 6.81. The van der Waals surface area contributed by atoms with Gasteiger partial charge in [-0.1, -0.05) is 22.9 Å². The first-order valence-corrected chi connectivity index (χ1v) is 9.50. The van der Waals surface area contributed by atoms with Crippen molar-refractivity contribution in [2.45, 2.75) is 36.8 Å². The minimum absolute atomic E-state index is 0.139. The lowest BCUT2D eigenvalue weighted by Crippen LogP contribution is -2.49. The summed E-state index contributed by atoms with van der Waals surface area (Å²) in [5.41, 5.74) is 0. The van der Waals surface area contributed by atoms with Gasteiger partial charge in [0.05, 0.1) is 4.90 Å². The monoisotopic (exact) mass is 390 g/mol. The summed E-state index contributed by atoms with van der Waals surface area (Å²) in [6, 6.07) is 6.29. The minimum Gasteiger partial charge on any atom is -0.353 e. The van der Waals surface area contributed by atoms with E-state index in [1.807, 2.05) is 0 Å². The molecule has 7 heteroatoms. The quantitative estimate of drug-likeness (QED) is 0.666. The van der Waals surface area contributed by atoms with E-state index < -0.39 is 20.5 Å². The van der Waals surface area contributed by atoms with Gasteiger partial charge in [0.2, 0.25) is 5.91 Å². The van der Waals surface area contributed by atoms with Crippen molar-refractivity contribution in [3.63, 3.8) is 0 Å². The van der Waals surface area contributed by atoms with Crippen LogP contribution in [0, 0.1) is 0 Å². The number of nitrogens with one attached hydrogen (secondary N) is 2. The Hall–Kier alpha value is -0.920. The summed E-state index contributed by atoms with van der Waals surface area (Å²) in [4.78, 5) is 12.4. The average molecular weight is 391 g/mol. The van der Waals surface area contributed by atoms with Crippen molar-refractivity contribution >= 4 is 31.7 Å². The first kappa shape index (κ1) is 19.1. The second-order valence-electron chi connectivity index (χ2n) is 5.47. The Morgan fingerprint density at radius 2 is 1.73 bits per heavy atom. The molecule has 1 rings (SSSR count). The number of hydrogen-bond donors (Lipinski definition) is 2. The topological polar surface area (TPSA) is 75.3 Å². The van der Waals surface area contributed by atoms with Crippen LogP contribution >= 0.6 is 15.9 Å². The first-order chi connectivity index (χ1) is 10.2. The molecule has 0 saturated heterocycles. The number of halogens is 1. The zero-order valence-electron chi connectivity index (χ0n) is 13.1. The van der Waals surface area contributed by atoms with Crippen molar-refractivity contribution in [1.82, 2.24) is 10.6 Å². The summed E-state index contributed by atoms with van der Waals surface area (Å²) < 4.78 is 24.6. The van der Waals surface area contributed by atoms with Gasteiger partial charge in [-0.05, 0) is 51.1 Å². The molecular weight excluding hydrogens is 368 g/mol. The second-order valence-corrected chi connectivity index (χ2v) is 8.89. The Balaban J connectivity index is 2.78. The molecule has 0 atom stereocenters. The van der Waals surface area contributed by atoms with Crippen molar-refractivity contribution in [3.8, 4) is 0 Å². The first-order valence-electron chi connectivity index (χ1n) is 7.22. The molecule has 0 saturated carbocycles. The van der Waals surface area contributed by atoms with Crippen LogP contribution in [-0.2, 0) is 14.6 Å². The molecule has 2 N–H and O–H groups in total. The third-order valence-electron chi connectivity index (χ3n) is 3.36. The van der Waals surface area contributed by atoms with Crippen molar-refractivity contribution in [2.75, 3.05) is 19.6 Å². The Labute approximate surface area is 140 Å². The highest BCUT2D eigenvalue weighted by atomic mass is 79.9. The number of amides is 1. The van der Waals surface area contributed by atoms with Crippen LogP contribution in [0.1, 0.15) is 27.2 Å². The standard InChI is InChI=1S/C15H23BrN2O3S/c1-4-9-17-10-11-18-14(19)15(2,3)22(20,21)13-7-5-12(16)6-8-13/h5-8,17H,4,9-11H2,1-3H3,(H,18,19). The van der Waals surface area contributed by atoms with Gasteiger partial charge in [0, 0.05) is 17.6 Å². The molecule has 1 aromatic carbocycles. The van der Waals surface area contributed by atoms with Crippen LogP contribution in [0.2, 0.25) is 0 Å². The van der Waals surface area contributed by atoms with Crippen LogP contribution in [0.25, 0.3) is 0 Å². The zero-order chi connectivity index (χ0) is 16.8. The summed E-state index contributed by atoms with van der Waals surface area (Å²) in [6.07, 6.45) is 1.01. The van der Waals surface area contributed by atoms with E-state index >= 15 is 0 Å². The van der Waals surface area contributed by atoms with Gasteiger partial charge in [0.25, 0.3) is 0 Å². The molecule has 0 fully saturated rings. The van der Waals surface area contributed by atoms with E-state index in [9.17, 15) is 13.2 Å². The van der Waals surface area contributed by atoms with Crippen LogP contribution in [-0.4, -0.2) is 38.7 Å². The number of benzene rings is 1. The maximum Gasteiger partial charge on any atom is 0.241 e. The van der Waals surface area contributed by atoms with Gasteiger partial charge < -0.3 is 10.6 Å². The molecule has 124 valence electrons. The van der Waals surface area contributed by atoms with E-state index in [2.05, 4.69) is 33.5 Å². The molecule has 1 aromatic rings. The maximum atomic E-state index is 12.7. The largest absolute Gasteiger partial charge is 0.353 e. The highest BCUT2D eigenvalue weighted by Gasteiger charge is 2.42. The van der Waals surface area contributed by atoms with Crippen molar-refractivity contribution in [1.29, 1.82) is 0 Å². The minimum atomic E-state index is -3.76. The highest BCUT2D eigenvalue weighted by molar-refractivity contribution is 9.10. The molecule has 1 amide bonds. The molecule has 5 nitrogen and oxygen atoms in total. The van der Waals surface area contributed by atoms with Crippen molar-refractivity contribution < 1.29 is 13.2 Å². The predicted molar refractivity (Wildman–Crippen MR) is 91.6 cm³/mol. The van der Waals surface area contributed by atoms with Gasteiger partial charge in [0.15, 0.2) is 9.84 Å². The van der Waals surface area contributed by atoms with Crippen molar-refractivity contribution in [3.05, 3.63) is 28.7 Å². The van der Waals surface area contributed by atoms with E-state index in [1.54, 1.807) is 12.1 Å². The Bertz CT molecular complexity index is 598. The SMILES string of the molecule is CCCNCCNC(=O)C(C)(C)S(=O)(=O)c1ccc(Br)cc1. The Morgan fingerprint density at radius 1 is 1.14 bits per heavy atom. The predicted octanol–water partition coefficient (Wildman–Crippen LogP) is 2.12. The smallest absolute Gasteiger partial charge is 0.241 e. The summed E-state index contributed by atoms with van der Waals surface area (Å²) in [5.74, 6) is -0.492. The van der Waals surface area contributed by atoms with Gasteiger partial charge in [0.1, 0.15) is 4.75 Å². The van der Waals surface area contributed by atoms with E-state index in [4.69, 9.17) is 0 Å². The molecule has 0 radical (unpaired) electrons. The average Bonchev–Trinajstić information content (AvgIpc) is 2.47. The van der Waals surface area contributed by atoms with E-state index in [-0.39, 0.29) is 4.90 Å². The fourth-order valence-corrected chi connectivity index (χ4v) is 3.47. The van der Waals surface area contributed by atoms with E-state index in [1.165, 1.54) is 26.0 Å².